The lowest BCUT2D eigenvalue weighted by atomic mass is 9.95. The summed E-state index contributed by atoms with van der Waals surface area (Å²) >= 11 is 12.2. The molecule has 1 saturated heterocycles. The monoisotopic (exact) mass is 439 g/mol. The van der Waals surface area contributed by atoms with Crippen molar-refractivity contribution < 1.29 is 19.8 Å². The Morgan fingerprint density at radius 2 is 1.53 bits per heavy atom. The van der Waals surface area contributed by atoms with Crippen molar-refractivity contribution in [3.8, 4) is 5.75 Å². The first-order chi connectivity index (χ1) is 14.4. The summed E-state index contributed by atoms with van der Waals surface area (Å²) < 4.78 is 0. The molecule has 4 rings (SSSR count). The zero-order valence-electron chi connectivity index (χ0n) is 15.4. The van der Waals surface area contributed by atoms with Gasteiger partial charge in [0.25, 0.3) is 11.7 Å². The van der Waals surface area contributed by atoms with E-state index < -0.39 is 17.7 Å². The van der Waals surface area contributed by atoms with Crippen molar-refractivity contribution in [3.63, 3.8) is 0 Å². The molecule has 1 amide bonds. The van der Waals surface area contributed by atoms with Crippen LogP contribution in [0, 0.1) is 0 Å². The van der Waals surface area contributed by atoms with E-state index in [9.17, 15) is 19.8 Å². The van der Waals surface area contributed by atoms with Crippen LogP contribution in [0.5, 0.6) is 5.75 Å². The number of carbonyl (C=O) groups excluding carboxylic acids is 2. The number of phenols is 1. The molecular weight excluding hydrogens is 425 g/mol. The van der Waals surface area contributed by atoms with Gasteiger partial charge in [-0.15, -0.1) is 0 Å². The number of hydrogen-bond acceptors (Lipinski definition) is 4. The lowest BCUT2D eigenvalue weighted by molar-refractivity contribution is -0.132. The summed E-state index contributed by atoms with van der Waals surface area (Å²) in [6.07, 6.45) is 0. The summed E-state index contributed by atoms with van der Waals surface area (Å²) in [5.41, 5.74) is 1.05. The maximum Gasteiger partial charge on any atom is 0.300 e. The fourth-order valence-electron chi connectivity index (χ4n) is 3.54. The van der Waals surface area contributed by atoms with Crippen molar-refractivity contribution in [1.29, 1.82) is 0 Å². The van der Waals surface area contributed by atoms with E-state index >= 15 is 0 Å². The fraction of sp³-hybridized carbons (Fsp3) is 0.0435. The average Bonchev–Trinajstić information content (AvgIpc) is 2.98. The Morgan fingerprint density at radius 1 is 0.867 bits per heavy atom. The quantitative estimate of drug-likeness (QED) is 0.328. The number of hydrogen-bond donors (Lipinski definition) is 2. The van der Waals surface area contributed by atoms with E-state index in [1.807, 2.05) is 0 Å². The minimum atomic E-state index is -0.980. The van der Waals surface area contributed by atoms with E-state index in [0.717, 1.165) is 0 Å². The van der Waals surface area contributed by atoms with E-state index in [0.29, 0.717) is 16.8 Å². The highest BCUT2D eigenvalue weighted by Crippen LogP contribution is 2.43. The molecule has 1 fully saturated rings. The van der Waals surface area contributed by atoms with Crippen LogP contribution in [0.3, 0.4) is 0 Å². The van der Waals surface area contributed by atoms with Crippen LogP contribution in [-0.2, 0) is 9.59 Å². The van der Waals surface area contributed by atoms with Crippen molar-refractivity contribution in [2.24, 2.45) is 0 Å². The first-order valence-corrected chi connectivity index (χ1v) is 9.74. The molecule has 0 aromatic heterocycles. The summed E-state index contributed by atoms with van der Waals surface area (Å²) in [6, 6.07) is 18.2. The summed E-state index contributed by atoms with van der Waals surface area (Å²) in [5, 5.41) is 21.5. The molecule has 1 unspecified atom stereocenters. The molecule has 0 aliphatic carbocycles. The van der Waals surface area contributed by atoms with Gasteiger partial charge in [0.2, 0.25) is 0 Å². The van der Waals surface area contributed by atoms with Gasteiger partial charge in [-0.05, 0) is 35.9 Å². The molecule has 2 N–H and O–H groups in total. The Bertz CT molecular complexity index is 1170. The zero-order valence-corrected chi connectivity index (χ0v) is 16.9. The van der Waals surface area contributed by atoms with Gasteiger partial charge >= 0.3 is 0 Å². The molecule has 1 aliphatic heterocycles. The lowest BCUT2D eigenvalue weighted by Gasteiger charge is -2.26. The van der Waals surface area contributed by atoms with Crippen molar-refractivity contribution in [3.05, 3.63) is 99.5 Å². The van der Waals surface area contributed by atoms with Gasteiger partial charge in [-0.3, -0.25) is 14.5 Å². The number of aliphatic hydroxyl groups is 1. The van der Waals surface area contributed by atoms with Gasteiger partial charge in [-0.2, -0.15) is 0 Å². The number of phenolic OH excluding ortho intramolecular Hbond substituents is 1. The van der Waals surface area contributed by atoms with Gasteiger partial charge < -0.3 is 10.2 Å². The highest BCUT2D eigenvalue weighted by molar-refractivity contribution is 6.52. The number of aromatic hydroxyl groups is 1. The van der Waals surface area contributed by atoms with Crippen LogP contribution in [0.25, 0.3) is 5.76 Å². The minimum Gasteiger partial charge on any atom is -0.508 e. The molecule has 5 nitrogen and oxygen atoms in total. The Kier molecular flexibility index (Phi) is 5.24. The van der Waals surface area contributed by atoms with Gasteiger partial charge in [-0.25, -0.2) is 0 Å². The average molecular weight is 440 g/mol. The number of halogens is 2. The molecule has 30 heavy (non-hydrogen) atoms. The number of ketones is 1. The molecule has 1 aliphatic rings. The zero-order chi connectivity index (χ0) is 21.4. The Balaban J connectivity index is 1.98. The standard InChI is InChI=1S/C23H15Cl2NO4/c24-15-10-16(25)12-17(11-15)26-20(14-7-4-8-18(27)9-14)19(22(29)23(26)30)21(28)13-5-2-1-3-6-13/h1-12,20,27-28H/b21-19+. The number of anilines is 1. The normalized spacial score (nSPS) is 18.1. The molecule has 3 aromatic carbocycles. The Morgan fingerprint density at radius 3 is 2.17 bits per heavy atom. The number of benzene rings is 3. The SMILES string of the molecule is O=C1C(=O)N(c2cc(Cl)cc(Cl)c2)C(c2cccc(O)c2)/C1=C(\O)c1ccccc1. The topological polar surface area (TPSA) is 77.8 Å². The maximum absolute atomic E-state index is 13.0. The van der Waals surface area contributed by atoms with Crippen molar-refractivity contribution >= 4 is 46.3 Å². The van der Waals surface area contributed by atoms with Gasteiger partial charge in [0.1, 0.15) is 11.5 Å². The van der Waals surface area contributed by atoms with Gasteiger partial charge in [-0.1, -0.05) is 65.7 Å². The minimum absolute atomic E-state index is 0.0399. The smallest absolute Gasteiger partial charge is 0.300 e. The van der Waals surface area contributed by atoms with Crippen LogP contribution in [0.2, 0.25) is 10.0 Å². The van der Waals surface area contributed by atoms with Crippen LogP contribution in [0.15, 0.2) is 78.4 Å². The molecule has 3 aromatic rings. The fourth-order valence-corrected chi connectivity index (χ4v) is 4.05. The molecule has 1 atom stereocenters. The molecule has 150 valence electrons. The van der Waals surface area contributed by atoms with Gasteiger partial charge in [0.15, 0.2) is 0 Å². The lowest BCUT2D eigenvalue weighted by Crippen LogP contribution is -2.29. The van der Waals surface area contributed by atoms with E-state index in [-0.39, 0.29) is 27.1 Å². The van der Waals surface area contributed by atoms with Crippen molar-refractivity contribution in [1.82, 2.24) is 0 Å². The van der Waals surface area contributed by atoms with Crippen LogP contribution >= 0.6 is 23.2 Å². The number of Topliss-reactive ketones (excluding diaryl/α,β-unsaturated/α-hetero) is 1. The van der Waals surface area contributed by atoms with Gasteiger partial charge in [0.05, 0.1) is 11.6 Å². The summed E-state index contributed by atoms with van der Waals surface area (Å²) in [4.78, 5) is 27.3. The number of carbonyl (C=O) groups is 2. The van der Waals surface area contributed by atoms with E-state index in [4.69, 9.17) is 23.2 Å². The van der Waals surface area contributed by atoms with Crippen LogP contribution in [-0.4, -0.2) is 21.9 Å². The number of nitrogens with zero attached hydrogens (tertiary/aromatic N) is 1. The summed E-state index contributed by atoms with van der Waals surface area (Å²) in [6.45, 7) is 0. The van der Waals surface area contributed by atoms with E-state index in [1.54, 1.807) is 42.5 Å². The third-order valence-corrected chi connectivity index (χ3v) is 5.24. The molecule has 0 saturated carbocycles. The van der Waals surface area contributed by atoms with Crippen LogP contribution in [0.4, 0.5) is 5.69 Å². The van der Waals surface area contributed by atoms with Crippen molar-refractivity contribution in [2.45, 2.75) is 6.04 Å². The second-order valence-corrected chi connectivity index (χ2v) is 7.63. The highest BCUT2D eigenvalue weighted by Gasteiger charge is 2.47. The molecule has 0 radical (unpaired) electrons. The van der Waals surface area contributed by atoms with Crippen molar-refractivity contribution in [2.75, 3.05) is 4.90 Å². The first-order valence-electron chi connectivity index (χ1n) is 8.98. The molecular formula is C23H15Cl2NO4. The third kappa shape index (κ3) is 3.54. The second-order valence-electron chi connectivity index (χ2n) is 6.76. The number of aliphatic hydroxyl groups excluding tert-OH is 1. The van der Waals surface area contributed by atoms with Crippen LogP contribution < -0.4 is 4.90 Å². The van der Waals surface area contributed by atoms with Gasteiger partial charge in [0, 0.05) is 21.3 Å². The Hall–Kier alpha value is -3.28. The Labute approximate surface area is 182 Å². The van der Waals surface area contributed by atoms with E-state index in [2.05, 4.69) is 0 Å². The second kappa shape index (κ2) is 7.86. The molecule has 0 bridgehead atoms. The predicted octanol–water partition coefficient (Wildman–Crippen LogP) is 5.33. The number of amides is 1. The molecule has 0 spiro atoms. The largest absolute Gasteiger partial charge is 0.508 e. The molecule has 1 heterocycles. The first kappa shape index (κ1) is 20.0. The number of rotatable bonds is 3. The summed E-state index contributed by atoms with van der Waals surface area (Å²) in [5.74, 6) is -2.03. The third-order valence-electron chi connectivity index (χ3n) is 4.80. The van der Waals surface area contributed by atoms with Crippen LogP contribution in [0.1, 0.15) is 17.2 Å². The molecule has 7 heteroatoms. The summed E-state index contributed by atoms with van der Waals surface area (Å²) in [7, 11) is 0. The maximum atomic E-state index is 13.0. The van der Waals surface area contributed by atoms with E-state index in [1.165, 1.54) is 35.2 Å². The predicted molar refractivity (Wildman–Crippen MR) is 116 cm³/mol. The highest BCUT2D eigenvalue weighted by atomic mass is 35.5.